The van der Waals surface area contributed by atoms with Crippen LogP contribution in [0.2, 0.25) is 5.02 Å². The molecule has 1 N–H and O–H groups in total. The SMILES string of the molecule is FC1(c2ccccc2Cl)CCNC1. The van der Waals surface area contributed by atoms with Crippen LogP contribution in [-0.4, -0.2) is 13.1 Å². The summed E-state index contributed by atoms with van der Waals surface area (Å²) in [4.78, 5) is 0. The fraction of sp³-hybridized carbons (Fsp3) is 0.400. The van der Waals surface area contributed by atoms with Gasteiger partial charge in [0.1, 0.15) is 0 Å². The first-order valence-electron chi connectivity index (χ1n) is 4.37. The van der Waals surface area contributed by atoms with E-state index in [9.17, 15) is 4.39 Å². The van der Waals surface area contributed by atoms with E-state index in [1.165, 1.54) is 0 Å². The van der Waals surface area contributed by atoms with Gasteiger partial charge in [-0.3, -0.25) is 0 Å². The maximum Gasteiger partial charge on any atom is 0.151 e. The molecule has 1 aliphatic heterocycles. The molecule has 1 aliphatic rings. The van der Waals surface area contributed by atoms with E-state index in [1.807, 2.05) is 12.1 Å². The molecule has 0 aromatic heterocycles. The third-order valence-electron chi connectivity index (χ3n) is 2.46. The predicted octanol–water partition coefficient (Wildman–Crippen LogP) is 2.50. The molecular formula is C10H11ClFN. The van der Waals surface area contributed by atoms with Crippen LogP contribution in [0.4, 0.5) is 4.39 Å². The minimum atomic E-state index is -1.27. The van der Waals surface area contributed by atoms with Gasteiger partial charge in [0.2, 0.25) is 0 Å². The number of hydrogen-bond acceptors (Lipinski definition) is 1. The van der Waals surface area contributed by atoms with E-state index in [2.05, 4.69) is 5.32 Å². The van der Waals surface area contributed by atoms with Crippen molar-refractivity contribution < 1.29 is 4.39 Å². The van der Waals surface area contributed by atoms with Crippen molar-refractivity contribution in [3.05, 3.63) is 34.9 Å². The molecule has 1 heterocycles. The van der Waals surface area contributed by atoms with E-state index in [0.29, 0.717) is 23.6 Å². The lowest BCUT2D eigenvalue weighted by Gasteiger charge is -2.19. The number of halogens is 2. The third-order valence-corrected chi connectivity index (χ3v) is 2.79. The standard InChI is InChI=1S/C10H11ClFN/c11-9-4-2-1-3-8(9)10(12)5-6-13-7-10/h1-4,13H,5-7H2. The second-order valence-corrected chi connectivity index (χ2v) is 3.78. The summed E-state index contributed by atoms with van der Waals surface area (Å²) in [5, 5.41) is 3.53. The first-order valence-corrected chi connectivity index (χ1v) is 4.75. The van der Waals surface area contributed by atoms with Gasteiger partial charge in [0.25, 0.3) is 0 Å². The van der Waals surface area contributed by atoms with Crippen molar-refractivity contribution in [1.29, 1.82) is 0 Å². The quantitative estimate of drug-likeness (QED) is 0.733. The second-order valence-electron chi connectivity index (χ2n) is 3.37. The van der Waals surface area contributed by atoms with Gasteiger partial charge in [-0.25, -0.2) is 4.39 Å². The summed E-state index contributed by atoms with van der Waals surface area (Å²) in [6.07, 6.45) is 0.511. The summed E-state index contributed by atoms with van der Waals surface area (Å²) >= 11 is 5.93. The van der Waals surface area contributed by atoms with Gasteiger partial charge in [-0.1, -0.05) is 29.8 Å². The highest BCUT2D eigenvalue weighted by atomic mass is 35.5. The van der Waals surface area contributed by atoms with Crippen molar-refractivity contribution in [1.82, 2.24) is 5.32 Å². The minimum Gasteiger partial charge on any atom is -0.313 e. The van der Waals surface area contributed by atoms with Crippen LogP contribution in [0.3, 0.4) is 0 Å². The smallest absolute Gasteiger partial charge is 0.151 e. The van der Waals surface area contributed by atoms with Gasteiger partial charge in [0.05, 0.1) is 0 Å². The van der Waals surface area contributed by atoms with E-state index in [-0.39, 0.29) is 0 Å². The molecule has 3 heteroatoms. The Hall–Kier alpha value is -0.600. The highest BCUT2D eigenvalue weighted by molar-refractivity contribution is 6.31. The molecule has 1 unspecified atom stereocenters. The van der Waals surface area contributed by atoms with Crippen LogP contribution in [0.1, 0.15) is 12.0 Å². The van der Waals surface area contributed by atoms with Gasteiger partial charge in [-0.2, -0.15) is 0 Å². The molecule has 13 heavy (non-hydrogen) atoms. The molecule has 0 spiro atoms. The number of rotatable bonds is 1. The Morgan fingerprint density at radius 1 is 1.38 bits per heavy atom. The van der Waals surface area contributed by atoms with Crippen LogP contribution in [0.25, 0.3) is 0 Å². The number of benzene rings is 1. The Kier molecular flexibility index (Phi) is 2.26. The van der Waals surface area contributed by atoms with Gasteiger partial charge < -0.3 is 5.32 Å². The molecular weight excluding hydrogens is 189 g/mol. The molecule has 0 saturated carbocycles. The average Bonchev–Trinajstić information content (AvgIpc) is 2.54. The van der Waals surface area contributed by atoms with Gasteiger partial charge in [0, 0.05) is 17.1 Å². The topological polar surface area (TPSA) is 12.0 Å². The van der Waals surface area contributed by atoms with Crippen molar-refractivity contribution in [3.63, 3.8) is 0 Å². The van der Waals surface area contributed by atoms with Gasteiger partial charge in [-0.15, -0.1) is 0 Å². The van der Waals surface area contributed by atoms with E-state index in [0.717, 1.165) is 6.54 Å². The minimum absolute atomic E-state index is 0.372. The Morgan fingerprint density at radius 2 is 2.15 bits per heavy atom. The van der Waals surface area contributed by atoms with Crippen LogP contribution in [0.5, 0.6) is 0 Å². The summed E-state index contributed by atoms with van der Waals surface area (Å²) in [6.45, 7) is 1.10. The van der Waals surface area contributed by atoms with E-state index < -0.39 is 5.67 Å². The van der Waals surface area contributed by atoms with Crippen molar-refractivity contribution in [2.75, 3.05) is 13.1 Å². The normalized spacial score (nSPS) is 27.8. The zero-order valence-electron chi connectivity index (χ0n) is 7.19. The van der Waals surface area contributed by atoms with E-state index >= 15 is 0 Å². The van der Waals surface area contributed by atoms with Crippen molar-refractivity contribution in [2.24, 2.45) is 0 Å². The monoisotopic (exact) mass is 199 g/mol. The number of alkyl halides is 1. The summed E-state index contributed by atoms with van der Waals surface area (Å²) in [5.41, 5.74) is -0.653. The maximum atomic E-state index is 14.2. The second kappa shape index (κ2) is 3.28. The van der Waals surface area contributed by atoms with Gasteiger partial charge >= 0.3 is 0 Å². The molecule has 0 aliphatic carbocycles. The van der Waals surface area contributed by atoms with Crippen molar-refractivity contribution >= 4 is 11.6 Å². The summed E-state index contributed by atoms with van der Waals surface area (Å²) < 4.78 is 14.2. The molecule has 0 radical (unpaired) electrons. The van der Waals surface area contributed by atoms with Crippen LogP contribution in [0.15, 0.2) is 24.3 Å². The van der Waals surface area contributed by atoms with E-state index in [4.69, 9.17) is 11.6 Å². The molecule has 1 atom stereocenters. The predicted molar refractivity (Wildman–Crippen MR) is 51.7 cm³/mol. The lowest BCUT2D eigenvalue weighted by molar-refractivity contribution is 0.193. The maximum absolute atomic E-state index is 14.2. The Balaban J connectivity index is 2.39. The Bertz CT molecular complexity index is 308. The number of hydrogen-bond donors (Lipinski definition) is 1. The zero-order chi connectivity index (χ0) is 9.31. The zero-order valence-corrected chi connectivity index (χ0v) is 7.94. The fourth-order valence-electron chi connectivity index (χ4n) is 1.72. The number of nitrogens with one attached hydrogen (secondary N) is 1. The van der Waals surface area contributed by atoms with Crippen LogP contribution in [0, 0.1) is 0 Å². The molecule has 1 aromatic rings. The summed E-state index contributed by atoms with van der Waals surface area (Å²) in [7, 11) is 0. The van der Waals surface area contributed by atoms with Gasteiger partial charge in [-0.05, 0) is 19.0 Å². The first-order chi connectivity index (χ1) is 6.22. The molecule has 70 valence electrons. The summed E-state index contributed by atoms with van der Waals surface area (Å²) in [6, 6.07) is 7.13. The van der Waals surface area contributed by atoms with Gasteiger partial charge in [0.15, 0.2) is 5.67 Å². The van der Waals surface area contributed by atoms with Crippen molar-refractivity contribution in [3.8, 4) is 0 Å². The van der Waals surface area contributed by atoms with Crippen LogP contribution in [-0.2, 0) is 5.67 Å². The summed E-state index contributed by atoms with van der Waals surface area (Å²) in [5.74, 6) is 0. The molecule has 1 nitrogen and oxygen atoms in total. The fourth-order valence-corrected chi connectivity index (χ4v) is 2.02. The van der Waals surface area contributed by atoms with Crippen LogP contribution < -0.4 is 5.32 Å². The average molecular weight is 200 g/mol. The molecule has 0 bridgehead atoms. The highest BCUT2D eigenvalue weighted by Crippen LogP contribution is 2.36. The first kappa shape index (κ1) is 8.97. The highest BCUT2D eigenvalue weighted by Gasteiger charge is 2.36. The van der Waals surface area contributed by atoms with E-state index in [1.54, 1.807) is 12.1 Å². The molecule has 1 fully saturated rings. The molecule has 1 saturated heterocycles. The third kappa shape index (κ3) is 1.56. The van der Waals surface area contributed by atoms with Crippen molar-refractivity contribution in [2.45, 2.75) is 12.1 Å². The lowest BCUT2D eigenvalue weighted by atomic mass is 9.95. The molecule has 1 aromatic carbocycles. The Morgan fingerprint density at radius 3 is 2.77 bits per heavy atom. The lowest BCUT2D eigenvalue weighted by Crippen LogP contribution is -2.23. The Labute approximate surface area is 81.9 Å². The molecule has 2 rings (SSSR count). The van der Waals surface area contributed by atoms with Crippen LogP contribution >= 0.6 is 11.6 Å². The molecule has 0 amide bonds. The largest absolute Gasteiger partial charge is 0.313 e.